The van der Waals surface area contributed by atoms with Gasteiger partial charge in [-0.25, -0.2) is 0 Å². The summed E-state index contributed by atoms with van der Waals surface area (Å²) in [5, 5.41) is 0.580. The number of hydrogen-bond acceptors (Lipinski definition) is 1. The zero-order valence-corrected chi connectivity index (χ0v) is 10.2. The maximum atomic E-state index is 11.9. The summed E-state index contributed by atoms with van der Waals surface area (Å²) in [4.78, 5) is 0. The molecule has 0 aromatic heterocycles. The maximum Gasteiger partial charge on any atom is 0.0349 e. The first kappa shape index (κ1) is 10.7. The van der Waals surface area contributed by atoms with Crippen LogP contribution in [0.25, 0.3) is 0 Å². The largest absolute Gasteiger partial charge is 0.259 e. The summed E-state index contributed by atoms with van der Waals surface area (Å²) in [7, 11) is -0.500. The smallest absolute Gasteiger partial charge is 0.0349 e. The van der Waals surface area contributed by atoms with Gasteiger partial charge in [0.1, 0.15) is 0 Å². The molecule has 2 fully saturated rings. The van der Waals surface area contributed by atoms with E-state index in [1.165, 1.54) is 32.1 Å². The fourth-order valence-corrected chi connectivity index (χ4v) is 4.71. The highest BCUT2D eigenvalue weighted by Gasteiger charge is 2.34. The van der Waals surface area contributed by atoms with E-state index in [1.807, 2.05) is 0 Å². The lowest BCUT2D eigenvalue weighted by Gasteiger charge is -2.34. The molecule has 3 unspecified atom stereocenters. The minimum Gasteiger partial charge on any atom is -0.259 e. The zero-order chi connectivity index (χ0) is 10.1. The molecule has 14 heavy (non-hydrogen) atoms. The molecule has 0 aromatic carbocycles. The van der Waals surface area contributed by atoms with Gasteiger partial charge in [0.2, 0.25) is 0 Å². The monoisotopic (exact) mass is 214 g/mol. The van der Waals surface area contributed by atoms with Crippen molar-refractivity contribution in [3.8, 4) is 0 Å². The molecule has 0 N–H and O–H groups in total. The van der Waals surface area contributed by atoms with Crippen molar-refractivity contribution in [2.24, 2.45) is 17.8 Å². The molecule has 2 rings (SSSR count). The fourth-order valence-electron chi connectivity index (χ4n) is 2.74. The van der Waals surface area contributed by atoms with Crippen molar-refractivity contribution in [2.75, 3.05) is 5.75 Å². The molecular weight excluding hydrogens is 192 g/mol. The maximum absolute atomic E-state index is 11.9. The molecule has 0 spiro atoms. The van der Waals surface area contributed by atoms with Gasteiger partial charge in [-0.1, -0.05) is 33.1 Å². The van der Waals surface area contributed by atoms with Crippen molar-refractivity contribution in [3.63, 3.8) is 0 Å². The van der Waals surface area contributed by atoms with E-state index in [0.29, 0.717) is 5.25 Å². The van der Waals surface area contributed by atoms with Crippen LogP contribution < -0.4 is 0 Å². The molecule has 2 aliphatic carbocycles. The van der Waals surface area contributed by atoms with E-state index >= 15 is 0 Å². The first-order valence-electron chi connectivity index (χ1n) is 6.05. The molecule has 1 nitrogen and oxygen atoms in total. The van der Waals surface area contributed by atoms with Crippen molar-refractivity contribution in [2.45, 2.75) is 51.2 Å². The Kier molecular flexibility index (Phi) is 3.30. The lowest BCUT2D eigenvalue weighted by molar-refractivity contribution is 0.201. The van der Waals surface area contributed by atoms with Gasteiger partial charge >= 0.3 is 0 Å². The fraction of sp³-hybridized carbons (Fsp3) is 1.00. The molecule has 0 aromatic rings. The summed E-state index contributed by atoms with van der Waals surface area (Å²) in [5.74, 6) is 3.35. The Labute approximate surface area is 90.1 Å². The average molecular weight is 214 g/mol. The second-order valence-corrected chi connectivity index (χ2v) is 7.06. The molecule has 0 radical (unpaired) electrons. The second-order valence-electron chi connectivity index (χ2n) is 5.30. The summed E-state index contributed by atoms with van der Waals surface area (Å²) >= 11 is 0. The van der Waals surface area contributed by atoms with Crippen LogP contribution in [0.15, 0.2) is 0 Å². The minimum atomic E-state index is -0.500. The lowest BCUT2D eigenvalue weighted by atomic mass is 9.75. The molecule has 2 aliphatic rings. The zero-order valence-electron chi connectivity index (χ0n) is 9.37. The molecular formula is C12H22OS. The summed E-state index contributed by atoms with van der Waals surface area (Å²) in [6.07, 6.45) is 6.55. The first-order chi connectivity index (χ1) is 6.68. The molecule has 0 aliphatic heterocycles. The Morgan fingerprint density at radius 3 is 2.14 bits per heavy atom. The SMILES string of the molecule is CC1CCCC(C)C1CS(=O)C1CC1. The van der Waals surface area contributed by atoms with Crippen LogP contribution in [0.4, 0.5) is 0 Å². The van der Waals surface area contributed by atoms with Crippen molar-refractivity contribution in [1.29, 1.82) is 0 Å². The van der Waals surface area contributed by atoms with E-state index in [1.54, 1.807) is 0 Å². The number of hydrogen-bond donors (Lipinski definition) is 0. The molecule has 2 saturated carbocycles. The Morgan fingerprint density at radius 1 is 1.07 bits per heavy atom. The molecule has 2 heteroatoms. The van der Waals surface area contributed by atoms with Crippen LogP contribution in [0.1, 0.15) is 46.0 Å². The normalized spacial score (nSPS) is 40.9. The molecule has 3 atom stereocenters. The van der Waals surface area contributed by atoms with Crippen molar-refractivity contribution < 1.29 is 4.21 Å². The lowest BCUT2D eigenvalue weighted by Crippen LogP contribution is -2.30. The summed E-state index contributed by atoms with van der Waals surface area (Å²) < 4.78 is 11.9. The quantitative estimate of drug-likeness (QED) is 0.706. The Morgan fingerprint density at radius 2 is 1.64 bits per heavy atom. The topological polar surface area (TPSA) is 17.1 Å². The first-order valence-corrected chi connectivity index (χ1v) is 7.44. The average Bonchev–Trinajstić information content (AvgIpc) is 2.94. The van der Waals surface area contributed by atoms with Crippen molar-refractivity contribution in [1.82, 2.24) is 0 Å². The van der Waals surface area contributed by atoms with Crippen LogP contribution in [-0.4, -0.2) is 15.2 Å². The molecule has 82 valence electrons. The van der Waals surface area contributed by atoms with Crippen molar-refractivity contribution in [3.05, 3.63) is 0 Å². The van der Waals surface area contributed by atoms with E-state index in [4.69, 9.17) is 0 Å². The summed E-state index contributed by atoms with van der Waals surface area (Å²) in [5.41, 5.74) is 0. The van der Waals surface area contributed by atoms with E-state index in [9.17, 15) is 4.21 Å². The highest BCUT2D eigenvalue weighted by Crippen LogP contribution is 2.37. The van der Waals surface area contributed by atoms with Gasteiger partial charge in [-0.2, -0.15) is 0 Å². The van der Waals surface area contributed by atoms with E-state index in [0.717, 1.165) is 23.5 Å². The Hall–Kier alpha value is 0.150. The van der Waals surface area contributed by atoms with Crippen molar-refractivity contribution >= 4 is 10.8 Å². The van der Waals surface area contributed by atoms with E-state index in [2.05, 4.69) is 13.8 Å². The third kappa shape index (κ3) is 2.39. The predicted molar refractivity (Wildman–Crippen MR) is 61.7 cm³/mol. The van der Waals surface area contributed by atoms with E-state index < -0.39 is 10.8 Å². The third-order valence-corrected chi connectivity index (χ3v) is 5.96. The second kappa shape index (κ2) is 4.34. The molecule has 0 amide bonds. The third-order valence-electron chi connectivity index (χ3n) is 4.03. The summed E-state index contributed by atoms with van der Waals surface area (Å²) in [6.45, 7) is 4.70. The Balaban J connectivity index is 1.89. The van der Waals surface area contributed by atoms with Gasteiger partial charge in [0.25, 0.3) is 0 Å². The van der Waals surface area contributed by atoms with Gasteiger partial charge in [0.15, 0.2) is 0 Å². The summed E-state index contributed by atoms with van der Waals surface area (Å²) in [6, 6.07) is 0. The molecule has 0 heterocycles. The van der Waals surface area contributed by atoms with Gasteiger partial charge < -0.3 is 0 Å². The van der Waals surface area contributed by atoms with Crippen LogP contribution in [0.5, 0.6) is 0 Å². The predicted octanol–water partition coefficient (Wildman–Crippen LogP) is 2.97. The highest BCUT2D eigenvalue weighted by atomic mass is 32.2. The van der Waals surface area contributed by atoms with Crippen LogP contribution in [-0.2, 0) is 10.8 Å². The molecule has 0 saturated heterocycles. The van der Waals surface area contributed by atoms with Crippen LogP contribution in [0.3, 0.4) is 0 Å². The van der Waals surface area contributed by atoms with Crippen LogP contribution in [0, 0.1) is 17.8 Å². The van der Waals surface area contributed by atoms with Crippen LogP contribution in [0.2, 0.25) is 0 Å². The highest BCUT2D eigenvalue weighted by molar-refractivity contribution is 7.85. The number of rotatable bonds is 3. The minimum absolute atomic E-state index is 0.500. The van der Waals surface area contributed by atoms with Gasteiger partial charge in [-0.05, 0) is 30.6 Å². The van der Waals surface area contributed by atoms with Gasteiger partial charge in [-0.15, -0.1) is 0 Å². The standard InChI is InChI=1S/C12H22OS/c1-9-4-3-5-10(2)12(9)8-14(13)11-6-7-11/h9-12H,3-8H2,1-2H3. The van der Waals surface area contributed by atoms with Gasteiger partial charge in [0, 0.05) is 21.8 Å². The van der Waals surface area contributed by atoms with Crippen LogP contribution >= 0.6 is 0 Å². The van der Waals surface area contributed by atoms with Gasteiger partial charge in [-0.3, -0.25) is 4.21 Å². The van der Waals surface area contributed by atoms with E-state index in [-0.39, 0.29) is 0 Å². The Bertz CT molecular complexity index is 212. The molecule has 0 bridgehead atoms. The van der Waals surface area contributed by atoms with Gasteiger partial charge in [0.05, 0.1) is 0 Å².